The molecule has 1 aromatic rings. The molecule has 0 aromatic heterocycles. The van der Waals surface area contributed by atoms with Gasteiger partial charge in [-0.25, -0.2) is 4.79 Å². The van der Waals surface area contributed by atoms with Crippen molar-refractivity contribution in [2.24, 2.45) is 11.8 Å². The molecule has 6 nitrogen and oxygen atoms in total. The average molecular weight is 382 g/mol. The first-order chi connectivity index (χ1) is 13.1. The highest BCUT2D eigenvalue weighted by Crippen LogP contribution is 2.30. The highest BCUT2D eigenvalue weighted by Gasteiger charge is 2.25. The predicted molar refractivity (Wildman–Crippen MR) is 116 cm³/mol. The second-order valence-electron chi connectivity index (χ2n) is 8.18. The van der Waals surface area contributed by atoms with E-state index in [1.54, 1.807) is 33.3 Å². The monoisotopic (exact) mass is 382 g/mol. The molecule has 0 spiro atoms. The quantitative estimate of drug-likeness (QED) is 0.793. The molecule has 1 aliphatic heterocycles. The van der Waals surface area contributed by atoms with Crippen LogP contribution in [0, 0.1) is 11.8 Å². The minimum atomic E-state index is -0.352. The zero-order valence-corrected chi connectivity index (χ0v) is 17.7. The molecule has 2 radical (unpaired) electrons. The van der Waals surface area contributed by atoms with Crippen molar-refractivity contribution in [3.8, 4) is 0 Å². The lowest BCUT2D eigenvalue weighted by molar-refractivity contribution is -0.129. The van der Waals surface area contributed by atoms with Crippen molar-refractivity contribution in [3.05, 3.63) is 30.3 Å². The van der Waals surface area contributed by atoms with Crippen molar-refractivity contribution in [1.82, 2.24) is 14.7 Å². The maximum absolute atomic E-state index is 12.6. The van der Waals surface area contributed by atoms with Crippen LogP contribution in [0.2, 0.25) is 0 Å². The Labute approximate surface area is 170 Å². The molecule has 28 heavy (non-hydrogen) atoms. The normalized spacial score (nSPS) is 19.1. The summed E-state index contributed by atoms with van der Waals surface area (Å²) in [5.74, 6) is 1.03. The van der Waals surface area contributed by atoms with E-state index < -0.39 is 0 Å². The average Bonchev–Trinajstić information content (AvgIpc) is 2.61. The molecule has 1 N–H and O–H groups in total. The van der Waals surface area contributed by atoms with Gasteiger partial charge in [-0.3, -0.25) is 4.79 Å². The molecule has 3 amide bonds. The number of amides is 3. The van der Waals surface area contributed by atoms with E-state index in [0.29, 0.717) is 23.0 Å². The van der Waals surface area contributed by atoms with Crippen LogP contribution in [0.15, 0.2) is 24.8 Å². The predicted octanol–water partition coefficient (Wildman–Crippen LogP) is 1.98. The highest BCUT2D eigenvalue weighted by atomic mass is 16.2. The smallest absolute Gasteiger partial charge is 0.322 e. The van der Waals surface area contributed by atoms with Crippen LogP contribution in [-0.2, 0) is 4.79 Å². The summed E-state index contributed by atoms with van der Waals surface area (Å²) in [6.45, 7) is 10.6. The fraction of sp³-hybridized carbons (Fsp3) is 0.524. The largest absolute Gasteiger partial charge is 0.371 e. The van der Waals surface area contributed by atoms with E-state index in [2.05, 4.69) is 30.6 Å². The summed E-state index contributed by atoms with van der Waals surface area (Å²) in [4.78, 5) is 29.5. The summed E-state index contributed by atoms with van der Waals surface area (Å²) in [7, 11) is 10.9. The van der Waals surface area contributed by atoms with E-state index in [1.807, 2.05) is 6.07 Å². The van der Waals surface area contributed by atoms with Gasteiger partial charge < -0.3 is 20.0 Å². The number of benzene rings is 1. The third kappa shape index (κ3) is 5.53. The molecule has 0 aliphatic carbocycles. The zero-order valence-electron chi connectivity index (χ0n) is 17.7. The number of carbonyl (C=O) groups is 2. The molecule has 0 bridgehead atoms. The fourth-order valence-corrected chi connectivity index (χ4v) is 3.59. The molecule has 150 valence electrons. The van der Waals surface area contributed by atoms with Gasteiger partial charge in [-0.05, 0) is 24.3 Å². The van der Waals surface area contributed by atoms with Gasteiger partial charge in [0.2, 0.25) is 5.91 Å². The van der Waals surface area contributed by atoms with E-state index >= 15 is 0 Å². The number of likely N-dealkylation sites (N-methyl/N-ethyl adjacent to an activating group) is 2. The highest BCUT2D eigenvalue weighted by molar-refractivity contribution is 6.32. The number of likely N-dealkylation sites (tertiary alicyclic amines) is 1. The molecule has 1 aromatic carbocycles. The van der Waals surface area contributed by atoms with E-state index in [9.17, 15) is 9.59 Å². The summed E-state index contributed by atoms with van der Waals surface area (Å²) >= 11 is 0. The van der Waals surface area contributed by atoms with Gasteiger partial charge in [-0.15, -0.1) is 0 Å². The molecular weight excluding hydrogens is 351 g/mol. The molecule has 1 aliphatic rings. The number of urea groups is 1. The van der Waals surface area contributed by atoms with Gasteiger partial charge in [0, 0.05) is 45.5 Å². The molecule has 2 atom stereocenters. The second-order valence-corrected chi connectivity index (χ2v) is 8.18. The molecule has 1 heterocycles. The minimum Gasteiger partial charge on any atom is -0.371 e. The van der Waals surface area contributed by atoms with Crippen LogP contribution in [0.1, 0.15) is 25.8 Å². The molecule has 1 saturated heterocycles. The number of nitrogens with zero attached hydrogens (tertiary/aromatic N) is 3. The van der Waals surface area contributed by atoms with Crippen LogP contribution in [0.5, 0.6) is 0 Å². The second kappa shape index (κ2) is 9.17. The van der Waals surface area contributed by atoms with Crippen LogP contribution < -0.4 is 10.8 Å². The van der Waals surface area contributed by atoms with Gasteiger partial charge in [-0.2, -0.15) is 0 Å². The molecule has 2 rings (SSSR count). The third-order valence-corrected chi connectivity index (χ3v) is 5.06. The van der Waals surface area contributed by atoms with Crippen LogP contribution in [0.4, 0.5) is 10.5 Å². The Bertz CT molecular complexity index is 740. The first kappa shape index (κ1) is 21.9. The summed E-state index contributed by atoms with van der Waals surface area (Å²) in [6, 6.07) is 5.02. The van der Waals surface area contributed by atoms with Gasteiger partial charge in [0.15, 0.2) is 0 Å². The Morgan fingerprint density at radius 2 is 1.82 bits per heavy atom. The van der Waals surface area contributed by atoms with E-state index in [0.717, 1.165) is 24.4 Å². The summed E-state index contributed by atoms with van der Waals surface area (Å²) in [6.07, 6.45) is 1.20. The van der Waals surface area contributed by atoms with Crippen LogP contribution >= 0.6 is 0 Å². The number of piperidine rings is 1. The third-order valence-electron chi connectivity index (χ3n) is 5.06. The SMILES string of the molecule is [B]c1ccc(NC(=O)N(C)CC(=O)N(C)C)c(C(=C)N2C[C@H](C)C[C@H](C)C2)c1. The standard InChI is InChI=1S/C21H31BN4O2/c1-14-9-15(2)12-26(11-14)16(3)18-10-17(22)7-8-19(18)23-21(28)25(6)13-20(27)24(4)5/h7-8,10,14-15H,3,9,11-13H2,1-2,4-6H3,(H,23,28)/t14-,15+. The maximum atomic E-state index is 12.6. The van der Waals surface area contributed by atoms with Crippen molar-refractivity contribution in [1.29, 1.82) is 0 Å². The lowest BCUT2D eigenvalue weighted by atomic mass is 9.89. The first-order valence-corrected chi connectivity index (χ1v) is 9.64. The van der Waals surface area contributed by atoms with Crippen molar-refractivity contribution in [2.75, 3.05) is 46.1 Å². The van der Waals surface area contributed by atoms with Gasteiger partial charge >= 0.3 is 6.03 Å². The lowest BCUT2D eigenvalue weighted by Crippen LogP contribution is -2.40. The lowest BCUT2D eigenvalue weighted by Gasteiger charge is -2.38. The van der Waals surface area contributed by atoms with Gasteiger partial charge in [-0.1, -0.05) is 38.0 Å². The number of anilines is 1. The van der Waals surface area contributed by atoms with Crippen molar-refractivity contribution < 1.29 is 9.59 Å². The van der Waals surface area contributed by atoms with Gasteiger partial charge in [0.05, 0.1) is 5.69 Å². The molecule has 1 fully saturated rings. The van der Waals surface area contributed by atoms with Crippen molar-refractivity contribution in [3.63, 3.8) is 0 Å². The summed E-state index contributed by atoms with van der Waals surface area (Å²) in [5.41, 5.74) is 2.91. The van der Waals surface area contributed by atoms with Gasteiger partial charge in [0.1, 0.15) is 14.4 Å². The molecule has 0 unspecified atom stereocenters. The van der Waals surface area contributed by atoms with Crippen molar-refractivity contribution >= 4 is 36.6 Å². The molecule has 0 saturated carbocycles. The van der Waals surface area contributed by atoms with Crippen molar-refractivity contribution in [2.45, 2.75) is 20.3 Å². The Hall–Kier alpha value is -2.44. The number of rotatable bonds is 5. The van der Waals surface area contributed by atoms with Gasteiger partial charge in [0.25, 0.3) is 0 Å². The van der Waals surface area contributed by atoms with Crippen LogP contribution in [0.3, 0.4) is 0 Å². The van der Waals surface area contributed by atoms with Crippen LogP contribution in [-0.4, -0.2) is 75.3 Å². The number of carbonyl (C=O) groups excluding carboxylic acids is 2. The first-order valence-electron chi connectivity index (χ1n) is 9.64. The molecular formula is C21H31BN4O2. The summed E-state index contributed by atoms with van der Waals surface area (Å²) in [5, 5.41) is 2.90. The Kier molecular flexibility index (Phi) is 7.16. The Morgan fingerprint density at radius 1 is 1.21 bits per heavy atom. The minimum absolute atomic E-state index is 0.00520. The Balaban J connectivity index is 2.18. The number of hydrogen-bond donors (Lipinski definition) is 1. The topological polar surface area (TPSA) is 55.9 Å². The maximum Gasteiger partial charge on any atom is 0.322 e. The van der Waals surface area contributed by atoms with E-state index in [-0.39, 0.29) is 18.5 Å². The zero-order chi connectivity index (χ0) is 21.0. The molecule has 7 heteroatoms. The van der Waals surface area contributed by atoms with Crippen LogP contribution in [0.25, 0.3) is 5.70 Å². The van der Waals surface area contributed by atoms with E-state index in [4.69, 9.17) is 7.85 Å². The fourth-order valence-electron chi connectivity index (χ4n) is 3.59. The Morgan fingerprint density at radius 3 is 2.39 bits per heavy atom. The summed E-state index contributed by atoms with van der Waals surface area (Å²) < 4.78 is 0. The van der Waals surface area contributed by atoms with E-state index in [1.165, 1.54) is 16.2 Å². The number of hydrogen-bond acceptors (Lipinski definition) is 3. The number of nitrogens with one attached hydrogen (secondary N) is 1.